The average Bonchev–Trinajstić information content (AvgIpc) is 1.81. The molecule has 14 heavy (non-hydrogen) atoms. The van der Waals surface area contributed by atoms with Crippen LogP contribution in [-0.2, 0) is 9.36 Å². The molecular formula is C5H11NNaO6P. The van der Waals surface area contributed by atoms with E-state index in [0.29, 0.717) is 0 Å². The summed E-state index contributed by atoms with van der Waals surface area (Å²) in [7, 11) is -4.56. The Morgan fingerprint density at radius 2 is 2.07 bits per heavy atom. The largest absolute Gasteiger partial charge is 1.00 e. The summed E-state index contributed by atoms with van der Waals surface area (Å²) in [5.74, 6) is -0.724. The second-order valence-electron chi connectivity index (χ2n) is 2.57. The Bertz CT molecular complexity index is 230. The summed E-state index contributed by atoms with van der Waals surface area (Å²) >= 11 is 0. The Morgan fingerprint density at radius 1 is 1.64 bits per heavy atom. The monoisotopic (exact) mass is 235 g/mol. The fraction of sp³-hybridized carbons (Fsp3) is 0.800. The predicted molar refractivity (Wildman–Crippen MR) is 39.9 cm³/mol. The van der Waals surface area contributed by atoms with Crippen molar-refractivity contribution in [1.29, 1.82) is 0 Å². The van der Waals surface area contributed by atoms with Gasteiger partial charge in [0.15, 0.2) is 0 Å². The summed E-state index contributed by atoms with van der Waals surface area (Å²) < 4.78 is 10.2. The van der Waals surface area contributed by atoms with Gasteiger partial charge in [0.05, 0.1) is 12.6 Å². The molecule has 78 valence electrons. The van der Waals surface area contributed by atoms with E-state index in [2.05, 4.69) is 0 Å². The van der Waals surface area contributed by atoms with Gasteiger partial charge in [-0.3, -0.25) is 10.0 Å². The van der Waals surface area contributed by atoms with Crippen molar-refractivity contribution in [3.05, 3.63) is 0 Å². The smallest absolute Gasteiger partial charge is 0.779 e. The molecule has 0 heterocycles. The zero-order valence-electron chi connectivity index (χ0n) is 7.95. The molecule has 7 nitrogen and oxygen atoms in total. The van der Waals surface area contributed by atoms with Gasteiger partial charge in [0.1, 0.15) is 7.60 Å². The first-order valence-electron chi connectivity index (χ1n) is 3.40. The van der Waals surface area contributed by atoms with Crippen molar-refractivity contribution < 1.29 is 59.0 Å². The van der Waals surface area contributed by atoms with Gasteiger partial charge in [-0.1, -0.05) is 0 Å². The van der Waals surface area contributed by atoms with Crippen LogP contribution < -0.4 is 34.5 Å². The van der Waals surface area contributed by atoms with Crippen molar-refractivity contribution in [2.75, 3.05) is 12.7 Å². The number of rotatable bonds is 4. The van der Waals surface area contributed by atoms with Crippen LogP contribution in [0.4, 0.5) is 0 Å². The van der Waals surface area contributed by atoms with Crippen LogP contribution in [0.15, 0.2) is 0 Å². The van der Waals surface area contributed by atoms with E-state index in [1.165, 1.54) is 0 Å². The number of amides is 1. The molecule has 0 saturated heterocycles. The van der Waals surface area contributed by atoms with Crippen LogP contribution in [0.25, 0.3) is 0 Å². The van der Waals surface area contributed by atoms with Crippen LogP contribution in [0.3, 0.4) is 0 Å². The van der Waals surface area contributed by atoms with E-state index in [9.17, 15) is 14.3 Å². The molecule has 0 bridgehead atoms. The summed E-state index contributed by atoms with van der Waals surface area (Å²) in [5.41, 5.74) is 0. The molecule has 0 aliphatic carbocycles. The molecule has 0 radical (unpaired) electrons. The molecule has 1 unspecified atom stereocenters. The third kappa shape index (κ3) is 9.11. The van der Waals surface area contributed by atoms with Gasteiger partial charge < -0.3 is 19.5 Å². The molecule has 3 N–H and O–H groups in total. The van der Waals surface area contributed by atoms with Crippen molar-refractivity contribution in [2.45, 2.75) is 13.0 Å². The third-order valence-electron chi connectivity index (χ3n) is 1.19. The number of hydroxylamine groups is 2. The van der Waals surface area contributed by atoms with Crippen LogP contribution >= 0.6 is 7.60 Å². The van der Waals surface area contributed by atoms with Crippen molar-refractivity contribution in [3.63, 3.8) is 0 Å². The van der Waals surface area contributed by atoms with E-state index in [1.807, 2.05) is 0 Å². The van der Waals surface area contributed by atoms with Crippen molar-refractivity contribution in [2.24, 2.45) is 0 Å². The zero-order valence-corrected chi connectivity index (χ0v) is 10.8. The molecule has 0 fully saturated rings. The van der Waals surface area contributed by atoms with Gasteiger partial charge in [0.2, 0.25) is 5.91 Å². The van der Waals surface area contributed by atoms with Crippen LogP contribution in [0.5, 0.6) is 0 Å². The van der Waals surface area contributed by atoms with E-state index in [-0.39, 0.29) is 34.6 Å². The van der Waals surface area contributed by atoms with E-state index in [1.54, 1.807) is 0 Å². The number of nitrogens with zero attached hydrogens (tertiary/aromatic N) is 1. The molecule has 0 aromatic rings. The fourth-order valence-corrected chi connectivity index (χ4v) is 1.30. The Kier molecular flexibility index (Phi) is 8.38. The number of aliphatic hydroxyl groups excluding tert-OH is 1. The maximum Gasteiger partial charge on any atom is 1.00 e. The Morgan fingerprint density at radius 3 is 2.36 bits per heavy atom. The minimum Gasteiger partial charge on any atom is -0.779 e. The maximum absolute atomic E-state index is 10.4. The van der Waals surface area contributed by atoms with Gasteiger partial charge in [-0.25, -0.2) is 5.06 Å². The summed E-state index contributed by atoms with van der Waals surface area (Å²) in [4.78, 5) is 28.9. The number of hydrogen-bond donors (Lipinski definition) is 3. The van der Waals surface area contributed by atoms with E-state index < -0.39 is 32.3 Å². The molecule has 0 rings (SSSR count). The van der Waals surface area contributed by atoms with Gasteiger partial charge in [0.25, 0.3) is 0 Å². The Balaban J connectivity index is 0. The van der Waals surface area contributed by atoms with Gasteiger partial charge >= 0.3 is 29.6 Å². The Labute approximate surface area is 103 Å². The van der Waals surface area contributed by atoms with Crippen LogP contribution in [0.1, 0.15) is 6.92 Å². The van der Waals surface area contributed by atoms with Gasteiger partial charge in [-0.05, 0) is 0 Å². The first kappa shape index (κ1) is 17.0. The molecule has 0 aromatic carbocycles. The topological polar surface area (TPSA) is 121 Å². The van der Waals surface area contributed by atoms with Crippen molar-refractivity contribution in [1.82, 2.24) is 5.06 Å². The fourth-order valence-electron chi connectivity index (χ4n) is 0.652. The molecule has 2 atom stereocenters. The summed E-state index contributed by atoms with van der Waals surface area (Å²) in [5, 5.41) is 17.8. The molecular weight excluding hydrogens is 224 g/mol. The maximum atomic E-state index is 10.4. The average molecular weight is 235 g/mol. The third-order valence-corrected chi connectivity index (χ3v) is 2.07. The quantitative estimate of drug-likeness (QED) is 0.194. The van der Waals surface area contributed by atoms with Crippen LogP contribution in [-0.4, -0.2) is 45.0 Å². The molecule has 0 saturated carbocycles. The minimum atomic E-state index is -4.56. The number of carbonyl (C=O) groups excluding carboxylic acids is 1. The second-order valence-corrected chi connectivity index (χ2v) is 4.22. The molecule has 0 aliphatic heterocycles. The molecule has 0 aromatic heterocycles. The standard InChI is InChI=1S/C5H12NO6P.Na/c1-4(7)6(9)2-5(8)3-13(10,11)12;/h5,8-9H,2-3H2,1H3,(H2,10,11,12);/q;+1/p-1/t5-;/m1./s1. The molecule has 9 heteroatoms. The van der Waals surface area contributed by atoms with Gasteiger partial charge in [-0.2, -0.15) is 0 Å². The summed E-state index contributed by atoms with van der Waals surface area (Å²) in [6.07, 6.45) is -2.39. The molecule has 0 spiro atoms. The first-order chi connectivity index (χ1) is 5.72. The van der Waals surface area contributed by atoms with Crippen molar-refractivity contribution >= 4 is 13.5 Å². The normalized spacial score (nSPS) is 16.4. The van der Waals surface area contributed by atoms with Crippen LogP contribution in [0.2, 0.25) is 0 Å². The number of carbonyl (C=O) groups is 1. The summed E-state index contributed by atoms with van der Waals surface area (Å²) in [6, 6.07) is 0. The predicted octanol–water partition coefficient (Wildman–Crippen LogP) is -4.87. The first-order valence-corrected chi connectivity index (χ1v) is 5.16. The SMILES string of the molecule is CC(=O)N(O)C[C@@H](O)CP(=O)([O-])O.[Na+]. The van der Waals surface area contributed by atoms with E-state index in [4.69, 9.17) is 15.2 Å². The number of aliphatic hydroxyl groups is 1. The molecule has 0 aliphatic rings. The van der Waals surface area contributed by atoms with Gasteiger partial charge in [-0.15, -0.1) is 0 Å². The van der Waals surface area contributed by atoms with Crippen molar-refractivity contribution in [3.8, 4) is 0 Å². The zero-order chi connectivity index (χ0) is 10.6. The summed E-state index contributed by atoms with van der Waals surface area (Å²) in [6.45, 7) is 0.491. The van der Waals surface area contributed by atoms with E-state index in [0.717, 1.165) is 6.92 Å². The second kappa shape index (κ2) is 6.92. The molecule has 1 amide bonds. The number of hydrogen-bond acceptors (Lipinski definition) is 5. The Hall–Kier alpha value is 0.540. The minimum absolute atomic E-state index is 0. The van der Waals surface area contributed by atoms with Gasteiger partial charge in [0, 0.05) is 13.1 Å². The van der Waals surface area contributed by atoms with Crippen LogP contribution in [0, 0.1) is 0 Å². The van der Waals surface area contributed by atoms with E-state index >= 15 is 0 Å².